The molecule has 0 fully saturated rings. The van der Waals surface area contributed by atoms with Gasteiger partial charge in [-0.3, -0.25) is 14.4 Å². The van der Waals surface area contributed by atoms with Crippen LogP contribution in [0, 0.1) is 0 Å². The molecule has 2 atom stereocenters. The number of ether oxygens (including phenoxy) is 1. The predicted octanol–water partition coefficient (Wildman–Crippen LogP) is 3.56. The van der Waals surface area contributed by atoms with Gasteiger partial charge < -0.3 is 15.4 Å². The van der Waals surface area contributed by atoms with Gasteiger partial charge in [-0.05, 0) is 36.8 Å². The molecule has 0 bridgehead atoms. The minimum atomic E-state index is -0.596. The molecule has 6 nitrogen and oxygen atoms in total. The molecule has 0 saturated heterocycles. The molecule has 8 heteroatoms. The highest BCUT2D eigenvalue weighted by Crippen LogP contribution is 2.36. The lowest BCUT2D eigenvalue weighted by Crippen LogP contribution is -2.34. The van der Waals surface area contributed by atoms with Crippen molar-refractivity contribution in [1.29, 1.82) is 0 Å². The summed E-state index contributed by atoms with van der Waals surface area (Å²) in [5.74, 6) is -1.26. The van der Waals surface area contributed by atoms with E-state index in [2.05, 4.69) is 10.6 Å². The third-order valence-electron chi connectivity index (χ3n) is 4.17. The number of fused-ring (bicyclic) bond motifs is 1. The number of hydrogen-bond donors (Lipinski definition) is 2. The quantitative estimate of drug-likeness (QED) is 0.700. The molecule has 0 radical (unpaired) electrons. The maximum Gasteiger partial charge on any atom is 0.307 e. The number of anilines is 1. The van der Waals surface area contributed by atoms with Gasteiger partial charge in [-0.2, -0.15) is 0 Å². The molecule has 0 saturated carbocycles. The van der Waals surface area contributed by atoms with E-state index in [9.17, 15) is 14.4 Å². The zero-order chi connectivity index (χ0) is 20.1. The highest BCUT2D eigenvalue weighted by Gasteiger charge is 2.29. The molecule has 0 aliphatic carbocycles. The summed E-state index contributed by atoms with van der Waals surface area (Å²) in [5.41, 5.74) is 1.62. The monoisotopic (exact) mass is 418 g/mol. The molecule has 0 unspecified atom stereocenters. The van der Waals surface area contributed by atoms with Crippen LogP contribution >= 0.6 is 23.4 Å². The Morgan fingerprint density at radius 2 is 1.93 bits per heavy atom. The topological polar surface area (TPSA) is 84.5 Å². The maximum atomic E-state index is 12.1. The Morgan fingerprint density at radius 1 is 1.21 bits per heavy atom. The molecule has 1 heterocycles. The number of thioether (sulfide) groups is 1. The summed E-state index contributed by atoms with van der Waals surface area (Å²) in [6, 6.07) is 14.2. The van der Waals surface area contributed by atoms with Gasteiger partial charge in [0.25, 0.3) is 5.91 Å². The van der Waals surface area contributed by atoms with Crippen LogP contribution in [0.15, 0.2) is 53.4 Å². The zero-order valence-corrected chi connectivity index (χ0v) is 16.7. The van der Waals surface area contributed by atoms with Crippen LogP contribution < -0.4 is 10.6 Å². The number of halogens is 1. The fourth-order valence-corrected chi connectivity index (χ4v) is 3.92. The van der Waals surface area contributed by atoms with Gasteiger partial charge >= 0.3 is 5.97 Å². The van der Waals surface area contributed by atoms with Gasteiger partial charge in [-0.15, -0.1) is 11.8 Å². The number of hydrogen-bond acceptors (Lipinski definition) is 5. The molecular weight excluding hydrogens is 400 g/mol. The van der Waals surface area contributed by atoms with E-state index in [1.807, 2.05) is 37.3 Å². The number of para-hydroxylation sites is 1. The van der Waals surface area contributed by atoms with Gasteiger partial charge in [0.05, 0.1) is 23.4 Å². The molecule has 1 aliphatic rings. The van der Waals surface area contributed by atoms with Crippen molar-refractivity contribution in [2.24, 2.45) is 0 Å². The largest absolute Gasteiger partial charge is 0.456 e. The van der Waals surface area contributed by atoms with Crippen LogP contribution in [-0.2, 0) is 19.1 Å². The van der Waals surface area contributed by atoms with E-state index in [0.29, 0.717) is 5.02 Å². The number of rotatable bonds is 6. The van der Waals surface area contributed by atoms with E-state index in [0.717, 1.165) is 16.1 Å². The number of amides is 2. The molecule has 1 aliphatic heterocycles. The summed E-state index contributed by atoms with van der Waals surface area (Å²) in [6.45, 7) is 1.43. The molecular formula is C20H19ClN2O4S. The minimum Gasteiger partial charge on any atom is -0.456 e. The average molecular weight is 419 g/mol. The van der Waals surface area contributed by atoms with Gasteiger partial charge in [0, 0.05) is 9.92 Å². The van der Waals surface area contributed by atoms with E-state index in [-0.39, 0.29) is 18.4 Å². The Labute approximate surface area is 172 Å². The Bertz CT molecular complexity index is 888. The van der Waals surface area contributed by atoms with Gasteiger partial charge in [-0.1, -0.05) is 35.9 Å². The summed E-state index contributed by atoms with van der Waals surface area (Å²) in [4.78, 5) is 37.1. The van der Waals surface area contributed by atoms with Crippen LogP contribution in [-0.4, -0.2) is 29.6 Å². The zero-order valence-electron chi connectivity index (χ0n) is 15.1. The molecule has 3 rings (SSSR count). The van der Waals surface area contributed by atoms with Crippen LogP contribution in [0.1, 0.15) is 24.9 Å². The number of carbonyl (C=O) groups excluding carboxylic acids is 3. The van der Waals surface area contributed by atoms with E-state index in [1.165, 1.54) is 11.8 Å². The Kier molecular flexibility index (Phi) is 6.59. The third kappa shape index (κ3) is 5.27. The number of benzene rings is 2. The summed E-state index contributed by atoms with van der Waals surface area (Å²) in [6.07, 6.45) is -0.106. The molecule has 2 aromatic carbocycles. The first-order valence-electron chi connectivity index (χ1n) is 8.69. The summed E-state index contributed by atoms with van der Waals surface area (Å²) >= 11 is 7.16. The summed E-state index contributed by atoms with van der Waals surface area (Å²) < 4.78 is 5.03. The van der Waals surface area contributed by atoms with Gasteiger partial charge in [0.1, 0.15) is 0 Å². The first kappa shape index (κ1) is 20.2. The summed E-state index contributed by atoms with van der Waals surface area (Å²) in [7, 11) is 0. The van der Waals surface area contributed by atoms with Crippen molar-refractivity contribution in [1.82, 2.24) is 5.32 Å². The number of nitrogens with one attached hydrogen (secondary N) is 2. The maximum absolute atomic E-state index is 12.1. The van der Waals surface area contributed by atoms with Crippen molar-refractivity contribution in [3.8, 4) is 0 Å². The smallest absolute Gasteiger partial charge is 0.307 e. The van der Waals surface area contributed by atoms with Crippen LogP contribution in [0.3, 0.4) is 0 Å². The van der Waals surface area contributed by atoms with Gasteiger partial charge in [0.15, 0.2) is 6.61 Å². The fourth-order valence-electron chi connectivity index (χ4n) is 2.70. The van der Waals surface area contributed by atoms with Crippen LogP contribution in [0.25, 0.3) is 0 Å². The Morgan fingerprint density at radius 3 is 2.68 bits per heavy atom. The van der Waals surface area contributed by atoms with Gasteiger partial charge in [0.2, 0.25) is 5.91 Å². The molecule has 0 spiro atoms. The van der Waals surface area contributed by atoms with Crippen molar-refractivity contribution >= 4 is 46.8 Å². The van der Waals surface area contributed by atoms with E-state index in [4.69, 9.17) is 16.3 Å². The number of carbonyl (C=O) groups is 3. The van der Waals surface area contributed by atoms with Crippen molar-refractivity contribution in [2.75, 3.05) is 11.9 Å². The molecule has 2 amide bonds. The molecule has 2 aromatic rings. The second kappa shape index (κ2) is 9.12. The third-order valence-corrected chi connectivity index (χ3v) is 5.70. The molecule has 146 valence electrons. The van der Waals surface area contributed by atoms with Crippen LogP contribution in [0.5, 0.6) is 0 Å². The van der Waals surface area contributed by atoms with Gasteiger partial charge in [-0.25, -0.2) is 0 Å². The van der Waals surface area contributed by atoms with Crippen molar-refractivity contribution in [3.63, 3.8) is 0 Å². The molecule has 0 aromatic heterocycles. The fraction of sp³-hybridized carbons (Fsp3) is 0.250. The van der Waals surface area contributed by atoms with E-state index >= 15 is 0 Å². The lowest BCUT2D eigenvalue weighted by Gasteiger charge is -2.23. The first-order valence-corrected chi connectivity index (χ1v) is 9.95. The first-order chi connectivity index (χ1) is 13.4. The lowest BCUT2D eigenvalue weighted by atomic mass is 10.1. The lowest BCUT2D eigenvalue weighted by molar-refractivity contribution is -0.149. The predicted molar refractivity (Wildman–Crippen MR) is 108 cm³/mol. The van der Waals surface area contributed by atoms with Crippen molar-refractivity contribution < 1.29 is 19.1 Å². The highest BCUT2D eigenvalue weighted by atomic mass is 35.5. The van der Waals surface area contributed by atoms with E-state index in [1.54, 1.807) is 18.2 Å². The standard InChI is InChI=1S/C20H19ClN2O4S/c1-12(13-6-8-14(21)9-7-13)22-18(24)11-27-19(25)10-17-20(26)23-15-4-2-3-5-16(15)28-17/h2-9,12,17H,10-11H2,1H3,(H,22,24)(H,23,26)/t12-,17-/m1/s1. The van der Waals surface area contributed by atoms with Crippen molar-refractivity contribution in [3.05, 3.63) is 59.1 Å². The van der Waals surface area contributed by atoms with Crippen LogP contribution in [0.4, 0.5) is 5.69 Å². The highest BCUT2D eigenvalue weighted by molar-refractivity contribution is 8.01. The second-order valence-corrected chi connectivity index (χ2v) is 7.98. The molecule has 2 N–H and O–H groups in total. The summed E-state index contributed by atoms with van der Waals surface area (Å²) in [5, 5.41) is 5.55. The second-order valence-electron chi connectivity index (χ2n) is 6.30. The average Bonchev–Trinajstić information content (AvgIpc) is 2.67. The molecule has 28 heavy (non-hydrogen) atoms. The SMILES string of the molecule is C[C@@H](NC(=O)COC(=O)C[C@H]1Sc2ccccc2NC1=O)c1ccc(Cl)cc1. The minimum absolute atomic E-state index is 0.106. The van der Waals surface area contributed by atoms with Crippen LogP contribution in [0.2, 0.25) is 5.02 Å². The van der Waals surface area contributed by atoms with E-state index < -0.39 is 23.7 Å². The normalized spacial score (nSPS) is 16.5. The Hall–Kier alpha value is -2.51. The Balaban J connectivity index is 1.45. The number of esters is 1. The van der Waals surface area contributed by atoms with Crippen molar-refractivity contribution in [2.45, 2.75) is 29.5 Å².